The van der Waals surface area contributed by atoms with Gasteiger partial charge in [0.25, 0.3) is 5.69 Å². The van der Waals surface area contributed by atoms with Crippen LogP contribution in [0.5, 0.6) is 28.7 Å². The maximum Gasteiger partial charge on any atom is 0.417 e. The molecular formula is C52H59FN4O13. The van der Waals surface area contributed by atoms with Gasteiger partial charge in [-0.15, -0.1) is 6.58 Å². The largest absolute Gasteiger partial charge is 0.497 e. The minimum atomic E-state index is -1.71. The SMILES string of the molecule is C=CCOC12Oc3ccc(OC(=O)Nc4ccc(OC)cc4OC)cc3C3C(CCCCO)C(CCCCO)C=C(C(=NOCC)CC1N(Cc1ccc(F)cc1)C(=O)Oc1ccc([N+](=O)[O-])cc1)C32. The molecule has 0 bridgehead atoms. The van der Waals surface area contributed by atoms with Gasteiger partial charge in [-0.2, -0.15) is 0 Å². The van der Waals surface area contributed by atoms with Gasteiger partial charge in [-0.3, -0.25) is 20.3 Å². The van der Waals surface area contributed by atoms with Gasteiger partial charge in [-0.1, -0.05) is 42.3 Å². The molecule has 0 aromatic heterocycles. The lowest BCUT2D eigenvalue weighted by atomic mass is 9.55. The average molecular weight is 967 g/mol. The number of ether oxygens (including phenoxy) is 6. The first kappa shape index (κ1) is 50.8. The fraction of sp³-hybridized carbons (Fsp3) is 0.404. The molecule has 4 aromatic rings. The van der Waals surface area contributed by atoms with Crippen LogP contribution in [0, 0.1) is 33.7 Å². The van der Waals surface area contributed by atoms with Crippen molar-refractivity contribution < 1.29 is 62.4 Å². The second-order valence-electron chi connectivity index (χ2n) is 17.1. The summed E-state index contributed by atoms with van der Waals surface area (Å²) >= 11 is 0. The number of nitro benzene ring substituents is 1. The molecule has 3 N–H and O–H groups in total. The number of hydrogen-bond acceptors (Lipinski definition) is 14. The zero-order valence-corrected chi connectivity index (χ0v) is 39.4. The number of unbranched alkanes of at least 4 members (excludes halogenated alkanes) is 2. The summed E-state index contributed by atoms with van der Waals surface area (Å²) in [6.45, 7) is 5.84. The standard InChI is InChI=1S/C52H59FN4O13/c1-5-27-66-52-47(56(32-33-13-15-35(53)16-14-33)51(61)69-37-19-17-36(18-20-37)57(62)63)31-44(55-67-6-2)41-28-34(11-7-9-25-58)40(12-8-10-26-59)48(49(41)52)42-29-39(22-24-45(42)70-52)68-50(60)54-43-23-21-38(64-3)30-46(43)65-4/h5,13-24,28-30,34,40,47-49,58-59H,1,6-12,25-27,31-32H2,2-4H3,(H,54,60). The summed E-state index contributed by atoms with van der Waals surface area (Å²) in [6, 6.07) is 19.7. The van der Waals surface area contributed by atoms with E-state index in [4.69, 9.17) is 38.4 Å². The van der Waals surface area contributed by atoms with Crippen molar-refractivity contribution in [3.8, 4) is 28.7 Å². The first-order chi connectivity index (χ1) is 34.0. The molecule has 372 valence electrons. The molecule has 70 heavy (non-hydrogen) atoms. The molecule has 0 saturated heterocycles. The summed E-state index contributed by atoms with van der Waals surface area (Å²) in [6.07, 6.45) is 5.94. The van der Waals surface area contributed by atoms with Crippen molar-refractivity contribution in [2.24, 2.45) is 22.9 Å². The lowest BCUT2D eigenvalue weighted by molar-refractivity contribution is -0.384. The maximum absolute atomic E-state index is 15.0. The number of nitro groups is 1. The number of nitrogens with one attached hydrogen (secondary N) is 1. The Morgan fingerprint density at radius 3 is 2.33 bits per heavy atom. The molecule has 18 heteroatoms. The number of aliphatic hydroxyl groups is 2. The quantitative estimate of drug-likeness (QED) is 0.0290. The predicted molar refractivity (Wildman–Crippen MR) is 257 cm³/mol. The van der Waals surface area contributed by atoms with Gasteiger partial charge in [0.05, 0.1) is 43.1 Å². The number of rotatable bonds is 22. The van der Waals surface area contributed by atoms with Crippen molar-refractivity contribution in [2.75, 3.05) is 46.0 Å². The van der Waals surface area contributed by atoms with Gasteiger partial charge >= 0.3 is 12.2 Å². The van der Waals surface area contributed by atoms with Gasteiger partial charge in [0.1, 0.15) is 47.2 Å². The summed E-state index contributed by atoms with van der Waals surface area (Å²) in [7, 11) is 2.99. The van der Waals surface area contributed by atoms with Crippen LogP contribution in [0.15, 0.2) is 114 Å². The van der Waals surface area contributed by atoms with Crippen LogP contribution in [0.3, 0.4) is 0 Å². The summed E-state index contributed by atoms with van der Waals surface area (Å²) in [5.41, 5.74) is 2.66. The number of hydrogen-bond donors (Lipinski definition) is 3. The van der Waals surface area contributed by atoms with Gasteiger partial charge in [0, 0.05) is 55.9 Å². The second-order valence-corrected chi connectivity index (χ2v) is 17.1. The van der Waals surface area contributed by atoms with Crippen LogP contribution in [-0.2, 0) is 16.1 Å². The van der Waals surface area contributed by atoms with E-state index < -0.39 is 46.6 Å². The highest BCUT2D eigenvalue weighted by Crippen LogP contribution is 2.62. The number of allylic oxidation sites excluding steroid dienone is 1. The summed E-state index contributed by atoms with van der Waals surface area (Å²) < 4.78 is 51.5. The van der Waals surface area contributed by atoms with Crippen molar-refractivity contribution in [1.29, 1.82) is 0 Å². The topological polar surface area (TPSA) is 210 Å². The normalized spacial score (nSPS) is 21.5. The number of carbonyl (C=O) groups is 2. The molecular weight excluding hydrogens is 908 g/mol. The molecule has 1 heterocycles. The number of benzene rings is 4. The lowest BCUT2D eigenvalue weighted by Crippen LogP contribution is -2.70. The number of halogens is 1. The van der Waals surface area contributed by atoms with Gasteiger partial charge < -0.3 is 43.5 Å². The van der Waals surface area contributed by atoms with Crippen LogP contribution < -0.4 is 29.0 Å². The fourth-order valence-corrected chi connectivity index (χ4v) is 9.88. The molecule has 2 aliphatic carbocycles. The molecule has 6 unspecified atom stereocenters. The smallest absolute Gasteiger partial charge is 0.417 e. The fourth-order valence-electron chi connectivity index (χ4n) is 9.88. The Balaban J connectivity index is 1.41. The number of fused-ring (bicyclic) bond motifs is 2. The Hall–Kier alpha value is -7.02. The lowest BCUT2D eigenvalue weighted by Gasteiger charge is -2.59. The highest BCUT2D eigenvalue weighted by molar-refractivity contribution is 6.03. The van der Waals surface area contributed by atoms with E-state index in [0.717, 1.165) is 5.57 Å². The third kappa shape index (κ3) is 11.4. The van der Waals surface area contributed by atoms with Gasteiger partial charge in [0.15, 0.2) is 0 Å². The molecule has 1 aliphatic heterocycles. The number of oxime groups is 1. The average Bonchev–Trinajstić information content (AvgIpc) is 3.36. The van der Waals surface area contributed by atoms with Crippen molar-refractivity contribution in [3.63, 3.8) is 0 Å². The van der Waals surface area contributed by atoms with E-state index in [9.17, 15) is 34.3 Å². The monoisotopic (exact) mass is 966 g/mol. The van der Waals surface area contributed by atoms with Crippen LogP contribution in [0.25, 0.3) is 0 Å². The molecule has 1 fully saturated rings. The van der Waals surface area contributed by atoms with Crippen LogP contribution in [0.4, 0.5) is 25.4 Å². The molecule has 6 atom stereocenters. The number of nitrogens with zero attached hydrogens (tertiary/aromatic N) is 3. The van der Waals surface area contributed by atoms with Crippen LogP contribution in [-0.4, -0.2) is 90.4 Å². The minimum absolute atomic E-state index is 0.0162. The number of anilines is 1. The van der Waals surface area contributed by atoms with Crippen molar-refractivity contribution in [2.45, 2.75) is 76.2 Å². The van der Waals surface area contributed by atoms with Gasteiger partial charge in [0.2, 0.25) is 5.79 Å². The Morgan fingerprint density at radius 1 is 0.943 bits per heavy atom. The first-order valence-electron chi connectivity index (χ1n) is 23.4. The number of aliphatic hydroxyl groups excluding tert-OH is 2. The molecule has 4 aromatic carbocycles. The van der Waals surface area contributed by atoms with Crippen molar-refractivity contribution >= 4 is 29.3 Å². The second kappa shape index (κ2) is 23.5. The molecule has 3 aliphatic rings. The number of carbonyl (C=O) groups excluding carboxylic acids is 2. The predicted octanol–water partition coefficient (Wildman–Crippen LogP) is 9.72. The van der Waals surface area contributed by atoms with E-state index in [1.165, 1.54) is 55.5 Å². The first-order valence-corrected chi connectivity index (χ1v) is 23.4. The van der Waals surface area contributed by atoms with Crippen LogP contribution in [0.1, 0.15) is 68.9 Å². The Kier molecular flexibility index (Phi) is 17.1. The minimum Gasteiger partial charge on any atom is -0.497 e. The Bertz CT molecular complexity index is 2540. The van der Waals surface area contributed by atoms with E-state index in [1.54, 1.807) is 61.5 Å². The Morgan fingerprint density at radius 2 is 1.66 bits per heavy atom. The highest BCUT2D eigenvalue weighted by atomic mass is 19.1. The van der Waals surface area contributed by atoms with Gasteiger partial charge in [-0.25, -0.2) is 14.0 Å². The molecule has 0 radical (unpaired) electrons. The van der Waals surface area contributed by atoms with E-state index in [2.05, 4.69) is 18.0 Å². The third-order valence-corrected chi connectivity index (χ3v) is 12.9. The van der Waals surface area contributed by atoms with E-state index in [-0.39, 0.29) is 68.4 Å². The molecule has 0 spiro atoms. The highest BCUT2D eigenvalue weighted by Gasteiger charge is 2.66. The molecule has 17 nitrogen and oxygen atoms in total. The van der Waals surface area contributed by atoms with Crippen LogP contribution in [0.2, 0.25) is 0 Å². The summed E-state index contributed by atoms with van der Waals surface area (Å²) in [4.78, 5) is 46.8. The summed E-state index contributed by atoms with van der Waals surface area (Å²) in [5.74, 6) is -2.16. The maximum atomic E-state index is 15.0. The zero-order chi connectivity index (χ0) is 49.8. The molecule has 1 saturated carbocycles. The van der Waals surface area contributed by atoms with E-state index >= 15 is 0 Å². The zero-order valence-electron chi connectivity index (χ0n) is 39.4. The number of non-ortho nitro benzene ring substituents is 1. The van der Waals surface area contributed by atoms with E-state index in [1.807, 2.05) is 0 Å². The number of amides is 2. The molecule has 2 amide bonds. The van der Waals surface area contributed by atoms with Crippen molar-refractivity contribution in [1.82, 2.24) is 4.90 Å². The van der Waals surface area contributed by atoms with Gasteiger partial charge in [-0.05, 0) is 110 Å². The van der Waals surface area contributed by atoms with Crippen molar-refractivity contribution in [3.05, 3.63) is 136 Å². The Labute approximate surface area is 405 Å². The van der Waals surface area contributed by atoms with Crippen LogP contribution >= 0.6 is 0 Å². The van der Waals surface area contributed by atoms with E-state index in [0.29, 0.717) is 78.3 Å². The summed E-state index contributed by atoms with van der Waals surface area (Å²) in [5, 5.41) is 38.9. The molecule has 7 rings (SSSR count). The number of methoxy groups -OCH3 is 2. The third-order valence-electron chi connectivity index (χ3n) is 12.9.